The van der Waals surface area contributed by atoms with E-state index >= 15 is 0 Å². The minimum absolute atomic E-state index is 0.209. The number of nitrogens with one attached hydrogen (secondary N) is 1. The maximum absolute atomic E-state index is 9.06. The summed E-state index contributed by atoms with van der Waals surface area (Å²) < 4.78 is 0. The van der Waals surface area contributed by atoms with Crippen molar-refractivity contribution in [3.05, 3.63) is 29.8 Å². The number of hydrogen-bond acceptors (Lipinski definition) is 3. The van der Waals surface area contributed by atoms with E-state index < -0.39 is 0 Å². The molecule has 15 heavy (non-hydrogen) atoms. The summed E-state index contributed by atoms with van der Waals surface area (Å²) in [5.41, 5.74) is 2.57. The van der Waals surface area contributed by atoms with Crippen molar-refractivity contribution in [3.8, 4) is 0 Å². The predicted molar refractivity (Wildman–Crippen MR) is 62.0 cm³/mol. The van der Waals surface area contributed by atoms with Crippen molar-refractivity contribution >= 4 is 5.69 Å². The van der Waals surface area contributed by atoms with Gasteiger partial charge in [-0.15, -0.1) is 0 Å². The van der Waals surface area contributed by atoms with E-state index in [1.807, 2.05) is 0 Å². The summed E-state index contributed by atoms with van der Waals surface area (Å²) >= 11 is 0. The van der Waals surface area contributed by atoms with Gasteiger partial charge in [-0.2, -0.15) is 0 Å². The smallest absolute Gasteiger partial charge is 0.0606 e. The lowest BCUT2D eigenvalue weighted by Crippen LogP contribution is -2.37. The number of benzene rings is 1. The van der Waals surface area contributed by atoms with Crippen LogP contribution in [0.15, 0.2) is 24.3 Å². The summed E-state index contributed by atoms with van der Waals surface area (Å²) in [6.45, 7) is 4.97. The van der Waals surface area contributed by atoms with E-state index in [1.165, 1.54) is 11.3 Å². The number of anilines is 1. The first-order chi connectivity index (χ1) is 7.31. The Kier molecular flexibility index (Phi) is 3.23. The Morgan fingerprint density at radius 2 is 2.27 bits per heavy atom. The molecule has 0 spiro atoms. The van der Waals surface area contributed by atoms with Crippen molar-refractivity contribution in [2.45, 2.75) is 19.5 Å². The highest BCUT2D eigenvalue weighted by Crippen LogP contribution is 2.22. The molecule has 82 valence electrons. The van der Waals surface area contributed by atoms with Gasteiger partial charge in [0.05, 0.1) is 6.61 Å². The van der Waals surface area contributed by atoms with Crippen molar-refractivity contribution in [2.24, 2.45) is 0 Å². The third-order valence-electron chi connectivity index (χ3n) is 2.84. The second-order valence-corrected chi connectivity index (χ2v) is 4.08. The fourth-order valence-electron chi connectivity index (χ4n) is 2.08. The van der Waals surface area contributed by atoms with Gasteiger partial charge in [0.2, 0.25) is 0 Å². The molecule has 0 aromatic heterocycles. The molecule has 0 amide bonds. The zero-order chi connectivity index (χ0) is 10.7. The average molecular weight is 206 g/mol. The highest BCUT2D eigenvalue weighted by Gasteiger charge is 2.17. The topological polar surface area (TPSA) is 35.5 Å². The van der Waals surface area contributed by atoms with Crippen molar-refractivity contribution in [3.63, 3.8) is 0 Å². The molecule has 0 saturated heterocycles. The summed E-state index contributed by atoms with van der Waals surface area (Å²) in [4.78, 5) is 2.25. The van der Waals surface area contributed by atoms with Crippen LogP contribution in [0.3, 0.4) is 0 Å². The van der Waals surface area contributed by atoms with Gasteiger partial charge in [-0.25, -0.2) is 0 Å². The van der Waals surface area contributed by atoms with Crippen molar-refractivity contribution in [1.29, 1.82) is 0 Å². The van der Waals surface area contributed by atoms with Crippen LogP contribution in [0.5, 0.6) is 0 Å². The summed E-state index contributed by atoms with van der Waals surface area (Å²) in [5, 5.41) is 12.5. The van der Waals surface area contributed by atoms with Crippen molar-refractivity contribution in [2.75, 3.05) is 24.6 Å². The molecule has 0 fully saturated rings. The average Bonchev–Trinajstić information content (AvgIpc) is 2.40. The number of aliphatic hydroxyl groups excluding tert-OH is 1. The highest BCUT2D eigenvalue weighted by molar-refractivity contribution is 5.54. The molecule has 0 bridgehead atoms. The van der Waals surface area contributed by atoms with Crippen molar-refractivity contribution in [1.82, 2.24) is 5.32 Å². The van der Waals surface area contributed by atoms with Gasteiger partial charge >= 0.3 is 0 Å². The first-order valence-corrected chi connectivity index (χ1v) is 5.48. The Bertz CT molecular complexity index is 327. The molecule has 0 radical (unpaired) electrons. The lowest BCUT2D eigenvalue weighted by Gasteiger charge is -2.25. The molecule has 1 aliphatic heterocycles. The zero-order valence-corrected chi connectivity index (χ0v) is 9.11. The number of para-hydroxylation sites is 1. The normalized spacial score (nSPS) is 20.9. The van der Waals surface area contributed by atoms with Gasteiger partial charge in [0, 0.05) is 31.4 Å². The Morgan fingerprint density at radius 3 is 3.07 bits per heavy atom. The predicted octanol–water partition coefficient (Wildman–Crippen LogP) is 0.977. The summed E-state index contributed by atoms with van der Waals surface area (Å²) in [6.07, 6.45) is 0. The SMILES string of the molecule is CC1CN(CCO)c2ccccc2CN1. The lowest BCUT2D eigenvalue weighted by molar-refractivity contribution is 0.301. The third-order valence-corrected chi connectivity index (χ3v) is 2.84. The Labute approximate surface area is 90.7 Å². The van der Waals surface area contributed by atoms with Crippen LogP contribution in [0.1, 0.15) is 12.5 Å². The van der Waals surface area contributed by atoms with Gasteiger partial charge in [-0.1, -0.05) is 18.2 Å². The number of aliphatic hydroxyl groups is 1. The first kappa shape index (κ1) is 10.5. The fourth-order valence-corrected chi connectivity index (χ4v) is 2.08. The summed E-state index contributed by atoms with van der Waals surface area (Å²) in [5.74, 6) is 0. The molecule has 1 aromatic rings. The summed E-state index contributed by atoms with van der Waals surface area (Å²) in [6, 6.07) is 8.85. The van der Waals surface area contributed by atoms with Gasteiger partial charge in [0.15, 0.2) is 0 Å². The Morgan fingerprint density at radius 1 is 1.47 bits per heavy atom. The van der Waals surface area contributed by atoms with E-state index in [0.29, 0.717) is 12.6 Å². The van der Waals surface area contributed by atoms with Gasteiger partial charge in [0.25, 0.3) is 0 Å². The van der Waals surface area contributed by atoms with E-state index in [1.54, 1.807) is 0 Å². The molecule has 1 aromatic carbocycles. The lowest BCUT2D eigenvalue weighted by atomic mass is 10.1. The number of hydrogen-bond donors (Lipinski definition) is 2. The molecule has 2 rings (SSSR count). The van der Waals surface area contributed by atoms with Crippen LogP contribution in [-0.2, 0) is 6.54 Å². The van der Waals surface area contributed by atoms with Crippen LogP contribution < -0.4 is 10.2 Å². The molecule has 3 nitrogen and oxygen atoms in total. The van der Waals surface area contributed by atoms with Crippen LogP contribution in [0, 0.1) is 0 Å². The Balaban J connectivity index is 2.28. The van der Waals surface area contributed by atoms with E-state index in [9.17, 15) is 0 Å². The molecule has 1 atom stereocenters. The van der Waals surface area contributed by atoms with Crippen LogP contribution >= 0.6 is 0 Å². The maximum atomic E-state index is 9.06. The van der Waals surface area contributed by atoms with Gasteiger partial charge in [-0.3, -0.25) is 0 Å². The molecule has 3 heteroatoms. The first-order valence-electron chi connectivity index (χ1n) is 5.48. The van der Waals surface area contributed by atoms with E-state index in [2.05, 4.69) is 41.4 Å². The molecular weight excluding hydrogens is 188 g/mol. The molecule has 1 aliphatic rings. The van der Waals surface area contributed by atoms with Gasteiger partial charge < -0.3 is 15.3 Å². The molecule has 0 aliphatic carbocycles. The standard InChI is InChI=1S/C12H18N2O/c1-10-9-14(6-7-15)12-5-3-2-4-11(12)8-13-10/h2-5,10,13,15H,6-9H2,1H3. The monoisotopic (exact) mass is 206 g/mol. The molecule has 1 unspecified atom stereocenters. The number of β-amino-alcohol motifs (C(OH)–C–C–N with tert-alkyl or cyclic N) is 1. The number of fused-ring (bicyclic) bond motifs is 1. The van der Waals surface area contributed by atoms with Crippen LogP contribution in [-0.4, -0.2) is 30.8 Å². The third kappa shape index (κ3) is 2.30. The maximum Gasteiger partial charge on any atom is 0.0606 e. The molecule has 2 N–H and O–H groups in total. The van der Waals surface area contributed by atoms with Crippen LogP contribution in [0.2, 0.25) is 0 Å². The zero-order valence-electron chi connectivity index (χ0n) is 9.11. The molecule has 0 saturated carbocycles. The molecule has 1 heterocycles. The second kappa shape index (κ2) is 4.64. The van der Waals surface area contributed by atoms with Gasteiger partial charge in [-0.05, 0) is 18.6 Å². The van der Waals surface area contributed by atoms with Crippen LogP contribution in [0.4, 0.5) is 5.69 Å². The van der Waals surface area contributed by atoms with Crippen LogP contribution in [0.25, 0.3) is 0 Å². The second-order valence-electron chi connectivity index (χ2n) is 4.08. The van der Waals surface area contributed by atoms with Crippen molar-refractivity contribution < 1.29 is 5.11 Å². The minimum Gasteiger partial charge on any atom is -0.395 e. The Hall–Kier alpha value is -1.06. The van der Waals surface area contributed by atoms with E-state index in [0.717, 1.165) is 13.1 Å². The van der Waals surface area contributed by atoms with E-state index in [-0.39, 0.29) is 6.61 Å². The van der Waals surface area contributed by atoms with Gasteiger partial charge in [0.1, 0.15) is 0 Å². The van der Waals surface area contributed by atoms with E-state index in [4.69, 9.17) is 5.11 Å². The quantitative estimate of drug-likeness (QED) is 0.757. The number of nitrogens with zero attached hydrogens (tertiary/aromatic N) is 1. The fraction of sp³-hybridized carbons (Fsp3) is 0.500. The molecular formula is C12H18N2O. The number of rotatable bonds is 2. The summed E-state index contributed by atoms with van der Waals surface area (Å²) in [7, 11) is 0. The minimum atomic E-state index is 0.209. The largest absolute Gasteiger partial charge is 0.395 e. The highest BCUT2D eigenvalue weighted by atomic mass is 16.3.